The van der Waals surface area contributed by atoms with Crippen molar-refractivity contribution < 1.29 is 19.0 Å². The number of nitrogens with zero attached hydrogens (tertiary/aromatic N) is 3. The Morgan fingerprint density at radius 3 is 2.71 bits per heavy atom. The summed E-state index contributed by atoms with van der Waals surface area (Å²) < 4.78 is 19.1. The number of thioether (sulfide) groups is 1. The highest BCUT2D eigenvalue weighted by Gasteiger charge is 2.35. The molecule has 1 aliphatic rings. The molecular formula is C28H33ClN4O4S. The second-order valence-corrected chi connectivity index (χ2v) is 10.3. The van der Waals surface area contributed by atoms with Gasteiger partial charge in [-0.1, -0.05) is 67.9 Å². The second kappa shape index (κ2) is 13.1. The minimum absolute atomic E-state index is 0.294. The van der Waals surface area contributed by atoms with Gasteiger partial charge in [-0.05, 0) is 43.5 Å². The predicted molar refractivity (Wildman–Crippen MR) is 150 cm³/mol. The highest BCUT2D eigenvalue weighted by molar-refractivity contribution is 7.99. The lowest BCUT2D eigenvalue weighted by atomic mass is 9.95. The van der Waals surface area contributed by atoms with E-state index in [1.165, 1.54) is 0 Å². The number of methoxy groups -OCH3 is 1. The van der Waals surface area contributed by atoms with Crippen LogP contribution in [0.25, 0.3) is 0 Å². The van der Waals surface area contributed by atoms with Crippen molar-refractivity contribution in [3.8, 4) is 11.5 Å². The minimum atomic E-state index is -0.546. The Morgan fingerprint density at radius 2 is 1.97 bits per heavy atom. The summed E-state index contributed by atoms with van der Waals surface area (Å²) in [4.78, 5) is 17.9. The SMILES string of the molecule is CCCCSc1nc2n(n1)C(c1ccc(OCc3ccccc3Cl)c(OC)c1)C(C(=O)OCCC)=C(C)N2. The van der Waals surface area contributed by atoms with E-state index in [0.29, 0.717) is 52.1 Å². The minimum Gasteiger partial charge on any atom is -0.493 e. The Hall–Kier alpha value is -3.17. The molecule has 4 rings (SSSR count). The third-order valence-corrected chi connectivity index (χ3v) is 7.36. The number of anilines is 1. The van der Waals surface area contributed by atoms with E-state index in [1.807, 2.05) is 56.3 Å². The number of rotatable bonds is 12. The number of fused-ring (bicyclic) bond motifs is 1. The molecule has 2 heterocycles. The van der Waals surface area contributed by atoms with Gasteiger partial charge in [0.05, 0.1) is 19.3 Å². The quantitative estimate of drug-likeness (QED) is 0.151. The van der Waals surface area contributed by atoms with E-state index in [0.717, 1.165) is 36.1 Å². The standard InChI is InChI=1S/C28H33ClN4O4S/c1-5-7-15-38-28-31-27-30-18(3)24(26(34)36-14-6-2)25(33(27)32-28)19-12-13-22(23(16-19)35-4)37-17-20-10-8-9-11-21(20)29/h8-13,16,25H,5-7,14-15,17H2,1-4H3,(H,30,31,32). The van der Waals surface area contributed by atoms with Gasteiger partial charge in [-0.25, -0.2) is 9.48 Å². The fourth-order valence-corrected chi connectivity index (χ4v) is 5.19. The molecule has 0 fully saturated rings. The molecule has 8 nitrogen and oxygen atoms in total. The van der Waals surface area contributed by atoms with Crippen LogP contribution in [0.2, 0.25) is 5.02 Å². The number of ether oxygens (including phenoxy) is 3. The fourth-order valence-electron chi connectivity index (χ4n) is 4.09. The molecule has 0 saturated heterocycles. The van der Waals surface area contributed by atoms with E-state index in [4.69, 9.17) is 30.9 Å². The zero-order chi connectivity index (χ0) is 27.1. The summed E-state index contributed by atoms with van der Waals surface area (Å²) in [5, 5.41) is 9.32. The average Bonchev–Trinajstić information content (AvgIpc) is 3.32. The molecule has 38 heavy (non-hydrogen) atoms. The number of halogens is 1. The average molecular weight is 557 g/mol. The molecule has 10 heteroatoms. The van der Waals surface area contributed by atoms with Crippen LogP contribution in [0.3, 0.4) is 0 Å². The lowest BCUT2D eigenvalue weighted by Gasteiger charge is -2.28. The third-order valence-electron chi connectivity index (χ3n) is 6.06. The summed E-state index contributed by atoms with van der Waals surface area (Å²) in [5.74, 6) is 2.22. The van der Waals surface area contributed by atoms with Crippen molar-refractivity contribution in [2.45, 2.75) is 57.8 Å². The lowest BCUT2D eigenvalue weighted by molar-refractivity contribution is -0.139. The van der Waals surface area contributed by atoms with Crippen LogP contribution in [0.4, 0.5) is 5.95 Å². The molecule has 202 valence electrons. The number of benzene rings is 2. The predicted octanol–water partition coefficient (Wildman–Crippen LogP) is 6.65. The van der Waals surface area contributed by atoms with E-state index >= 15 is 0 Å². The van der Waals surface area contributed by atoms with Crippen molar-refractivity contribution in [2.24, 2.45) is 0 Å². The first-order valence-electron chi connectivity index (χ1n) is 12.7. The molecule has 0 aliphatic carbocycles. The Morgan fingerprint density at radius 1 is 1.16 bits per heavy atom. The van der Waals surface area contributed by atoms with E-state index in [-0.39, 0.29) is 5.97 Å². The lowest BCUT2D eigenvalue weighted by Crippen LogP contribution is -2.29. The smallest absolute Gasteiger partial charge is 0.338 e. The molecular weight excluding hydrogens is 524 g/mol. The van der Waals surface area contributed by atoms with Crippen molar-refractivity contribution >= 4 is 35.3 Å². The molecule has 1 N–H and O–H groups in total. The van der Waals surface area contributed by atoms with Crippen molar-refractivity contribution in [3.63, 3.8) is 0 Å². The maximum Gasteiger partial charge on any atom is 0.338 e. The summed E-state index contributed by atoms with van der Waals surface area (Å²) >= 11 is 7.90. The summed E-state index contributed by atoms with van der Waals surface area (Å²) in [5.41, 5.74) is 2.83. The van der Waals surface area contributed by atoms with Crippen LogP contribution in [-0.2, 0) is 16.1 Å². The summed E-state index contributed by atoms with van der Waals surface area (Å²) in [7, 11) is 1.59. The van der Waals surface area contributed by atoms with Gasteiger partial charge >= 0.3 is 5.97 Å². The Kier molecular flexibility index (Phi) is 9.58. The summed E-state index contributed by atoms with van der Waals surface area (Å²) in [6, 6.07) is 12.6. The highest BCUT2D eigenvalue weighted by atomic mass is 35.5. The monoisotopic (exact) mass is 556 g/mol. The van der Waals surface area contributed by atoms with E-state index < -0.39 is 6.04 Å². The number of allylic oxidation sites excluding steroid dienone is 1. The largest absolute Gasteiger partial charge is 0.493 e. The summed E-state index contributed by atoms with van der Waals surface area (Å²) in [6.07, 6.45) is 2.90. The molecule has 0 amide bonds. The number of unbranched alkanes of at least 4 members (excludes halogenated alkanes) is 1. The zero-order valence-electron chi connectivity index (χ0n) is 22.1. The number of nitrogens with one attached hydrogen (secondary N) is 1. The van der Waals surface area contributed by atoms with Gasteiger partial charge in [0.2, 0.25) is 11.1 Å². The number of carbonyl (C=O) groups excluding carboxylic acids is 1. The number of hydrogen-bond acceptors (Lipinski definition) is 8. The first kappa shape index (κ1) is 27.9. The van der Waals surface area contributed by atoms with E-state index in [2.05, 4.69) is 17.2 Å². The van der Waals surface area contributed by atoms with Gasteiger partial charge in [0.15, 0.2) is 11.5 Å². The van der Waals surface area contributed by atoms with Crippen LogP contribution < -0.4 is 14.8 Å². The molecule has 2 aromatic carbocycles. The van der Waals surface area contributed by atoms with Gasteiger partial charge in [0.1, 0.15) is 12.6 Å². The van der Waals surface area contributed by atoms with Crippen molar-refractivity contribution in [3.05, 3.63) is 69.9 Å². The van der Waals surface area contributed by atoms with Gasteiger partial charge < -0.3 is 19.5 Å². The van der Waals surface area contributed by atoms with Gasteiger partial charge in [-0.2, -0.15) is 4.98 Å². The Balaban J connectivity index is 1.69. The number of aromatic nitrogens is 3. The molecule has 3 aromatic rings. The van der Waals surface area contributed by atoms with Crippen LogP contribution in [-0.4, -0.2) is 40.2 Å². The molecule has 1 unspecified atom stereocenters. The van der Waals surface area contributed by atoms with Gasteiger partial charge in [-0.15, -0.1) is 5.10 Å². The van der Waals surface area contributed by atoms with Crippen LogP contribution in [0.1, 0.15) is 57.2 Å². The Labute approximate surface area is 232 Å². The van der Waals surface area contributed by atoms with Crippen molar-refractivity contribution in [2.75, 3.05) is 24.8 Å². The van der Waals surface area contributed by atoms with E-state index in [1.54, 1.807) is 23.6 Å². The molecule has 1 aliphatic heterocycles. The molecule has 0 spiro atoms. The first-order chi connectivity index (χ1) is 18.5. The molecule has 0 bridgehead atoms. The zero-order valence-corrected chi connectivity index (χ0v) is 23.7. The van der Waals surface area contributed by atoms with Crippen LogP contribution in [0.5, 0.6) is 11.5 Å². The van der Waals surface area contributed by atoms with Gasteiger partial charge in [0.25, 0.3) is 0 Å². The van der Waals surface area contributed by atoms with Crippen LogP contribution >= 0.6 is 23.4 Å². The molecule has 1 atom stereocenters. The van der Waals surface area contributed by atoms with Crippen LogP contribution in [0, 0.1) is 0 Å². The number of hydrogen-bond donors (Lipinski definition) is 1. The Bertz CT molecular complexity index is 1310. The first-order valence-corrected chi connectivity index (χ1v) is 14.1. The molecule has 0 radical (unpaired) electrons. The fraction of sp³-hybridized carbons (Fsp3) is 0.393. The number of carbonyl (C=O) groups is 1. The third kappa shape index (κ3) is 6.27. The number of esters is 1. The topological polar surface area (TPSA) is 87.5 Å². The van der Waals surface area contributed by atoms with Gasteiger partial charge in [0, 0.05) is 22.0 Å². The van der Waals surface area contributed by atoms with Crippen molar-refractivity contribution in [1.82, 2.24) is 14.8 Å². The maximum atomic E-state index is 13.2. The second-order valence-electron chi connectivity index (χ2n) is 8.86. The maximum absolute atomic E-state index is 13.2. The van der Waals surface area contributed by atoms with Crippen LogP contribution in [0.15, 0.2) is 58.9 Å². The molecule has 1 aromatic heterocycles. The highest BCUT2D eigenvalue weighted by Crippen LogP contribution is 2.40. The van der Waals surface area contributed by atoms with Crippen molar-refractivity contribution in [1.29, 1.82) is 0 Å². The van der Waals surface area contributed by atoms with E-state index in [9.17, 15) is 4.79 Å². The summed E-state index contributed by atoms with van der Waals surface area (Å²) in [6.45, 7) is 6.60. The normalized spacial score (nSPS) is 14.6. The molecule has 0 saturated carbocycles. The van der Waals surface area contributed by atoms with Gasteiger partial charge in [-0.3, -0.25) is 0 Å².